The average molecular weight is 292 g/mol. The van der Waals surface area contributed by atoms with Crippen LogP contribution in [0.15, 0.2) is 12.2 Å². The molecule has 0 aromatic rings. The van der Waals surface area contributed by atoms with Crippen molar-refractivity contribution in [2.75, 3.05) is 34.5 Å². The van der Waals surface area contributed by atoms with E-state index < -0.39 is 20.9 Å². The van der Waals surface area contributed by atoms with E-state index in [9.17, 15) is 4.79 Å². The van der Waals surface area contributed by atoms with Gasteiger partial charge in [0, 0.05) is 33.5 Å². The molecule has 0 spiro atoms. The molecule has 0 aliphatic carbocycles. The predicted octanol–water partition coefficient (Wildman–Crippen LogP) is 1.39. The summed E-state index contributed by atoms with van der Waals surface area (Å²) in [4.78, 5) is 11.6. The second-order valence-corrected chi connectivity index (χ2v) is 6.97. The van der Waals surface area contributed by atoms with Gasteiger partial charge in [-0.2, -0.15) is 0 Å². The third-order valence-corrected chi connectivity index (χ3v) is 5.36. The summed E-state index contributed by atoms with van der Waals surface area (Å²) in [6.07, 6.45) is -0.490. The molecule has 0 N–H and O–H groups in total. The summed E-state index contributed by atoms with van der Waals surface area (Å²) in [6.45, 7) is 7.80. The molecule has 0 aromatic heterocycles. The quantitative estimate of drug-likeness (QED) is 0.344. The van der Waals surface area contributed by atoms with Crippen LogP contribution in [0.3, 0.4) is 0 Å². The molecular weight excluding hydrogens is 268 g/mol. The lowest BCUT2D eigenvalue weighted by Crippen LogP contribution is -2.47. The van der Waals surface area contributed by atoms with E-state index in [1.165, 1.54) is 21.3 Å². The first-order valence-electron chi connectivity index (χ1n) is 6.04. The number of ether oxygens (including phenoxy) is 2. The van der Waals surface area contributed by atoms with Crippen LogP contribution in [0.25, 0.3) is 0 Å². The van der Waals surface area contributed by atoms with Gasteiger partial charge in [0.15, 0.2) is 0 Å². The molecule has 0 bridgehead atoms. The molecule has 0 aliphatic heterocycles. The zero-order chi connectivity index (χ0) is 14.9. The Morgan fingerprint density at radius 1 is 1.21 bits per heavy atom. The Balaban J connectivity index is 4.73. The predicted molar refractivity (Wildman–Crippen MR) is 72.8 cm³/mol. The highest BCUT2D eigenvalue weighted by Gasteiger charge is 2.42. The minimum atomic E-state index is -2.82. The lowest BCUT2D eigenvalue weighted by molar-refractivity contribution is -0.146. The van der Waals surface area contributed by atoms with Gasteiger partial charge in [0.2, 0.25) is 0 Å². The summed E-state index contributed by atoms with van der Waals surface area (Å²) in [6, 6.07) is 0.329. The highest BCUT2D eigenvalue weighted by Crippen LogP contribution is 2.18. The Labute approximate surface area is 116 Å². The van der Waals surface area contributed by atoms with Crippen LogP contribution in [-0.4, -0.2) is 55.4 Å². The number of hydrogen-bond donors (Lipinski definition) is 0. The summed E-state index contributed by atoms with van der Waals surface area (Å²) in [5, 5.41) is 0. The van der Waals surface area contributed by atoms with E-state index in [1.807, 2.05) is 6.92 Å². The first-order chi connectivity index (χ1) is 8.94. The molecule has 19 heavy (non-hydrogen) atoms. The largest absolute Gasteiger partial charge is 0.504 e. The summed E-state index contributed by atoms with van der Waals surface area (Å²) in [7, 11) is 1.72. The fourth-order valence-corrected chi connectivity index (χ4v) is 3.17. The van der Waals surface area contributed by atoms with E-state index in [1.54, 1.807) is 6.92 Å². The topological polar surface area (TPSA) is 63.2 Å². The minimum absolute atomic E-state index is 0.264. The van der Waals surface area contributed by atoms with Gasteiger partial charge in [0.1, 0.15) is 6.10 Å². The maximum Gasteiger partial charge on any atom is 0.504 e. The molecule has 0 fully saturated rings. The van der Waals surface area contributed by atoms with E-state index in [-0.39, 0.29) is 6.61 Å². The monoisotopic (exact) mass is 292 g/mol. The summed E-state index contributed by atoms with van der Waals surface area (Å²) in [5.41, 5.74) is 0.334. The summed E-state index contributed by atoms with van der Waals surface area (Å²) in [5.74, 6) is -0.462. The minimum Gasteiger partial charge on any atom is -0.457 e. The lowest BCUT2D eigenvalue weighted by atomic mass is 10.3. The summed E-state index contributed by atoms with van der Waals surface area (Å²) < 4.78 is 26.6. The van der Waals surface area contributed by atoms with E-state index in [0.29, 0.717) is 18.2 Å². The smallest absolute Gasteiger partial charge is 0.457 e. The average Bonchev–Trinajstić information content (AvgIpc) is 2.41. The van der Waals surface area contributed by atoms with Crippen molar-refractivity contribution in [3.63, 3.8) is 0 Å². The highest BCUT2D eigenvalue weighted by molar-refractivity contribution is 6.60. The van der Waals surface area contributed by atoms with Gasteiger partial charge >= 0.3 is 14.8 Å². The second-order valence-electron chi connectivity index (χ2n) is 3.97. The maximum atomic E-state index is 11.6. The normalized spacial score (nSPS) is 13.1. The lowest BCUT2D eigenvalue weighted by Gasteiger charge is -2.28. The van der Waals surface area contributed by atoms with Crippen molar-refractivity contribution in [3.8, 4) is 0 Å². The third-order valence-electron chi connectivity index (χ3n) is 2.54. The van der Waals surface area contributed by atoms with Crippen molar-refractivity contribution in [3.05, 3.63) is 12.2 Å². The zero-order valence-electron chi connectivity index (χ0n) is 12.4. The standard InChI is InChI=1S/C12H24O6Si/c1-7-17-8-11(18-12(13)10(2)3)9-19(14-4,15-5)16-6/h11H,2,7-9H2,1,3-6H3. The van der Waals surface area contributed by atoms with Crippen molar-refractivity contribution in [1.29, 1.82) is 0 Å². The molecule has 1 atom stereocenters. The Morgan fingerprint density at radius 2 is 1.74 bits per heavy atom. The van der Waals surface area contributed by atoms with Gasteiger partial charge < -0.3 is 22.8 Å². The van der Waals surface area contributed by atoms with Crippen LogP contribution in [0.2, 0.25) is 6.04 Å². The highest BCUT2D eigenvalue weighted by atomic mass is 28.4. The fourth-order valence-electron chi connectivity index (χ4n) is 1.41. The van der Waals surface area contributed by atoms with Crippen molar-refractivity contribution in [2.45, 2.75) is 26.0 Å². The van der Waals surface area contributed by atoms with E-state index in [0.717, 1.165) is 0 Å². The first-order valence-corrected chi connectivity index (χ1v) is 7.97. The van der Waals surface area contributed by atoms with Gasteiger partial charge in [0.25, 0.3) is 0 Å². The number of hydrogen-bond acceptors (Lipinski definition) is 6. The maximum absolute atomic E-state index is 11.6. The van der Waals surface area contributed by atoms with Gasteiger partial charge in [0.05, 0.1) is 12.7 Å². The molecule has 0 saturated carbocycles. The van der Waals surface area contributed by atoms with Crippen LogP contribution in [0.1, 0.15) is 13.8 Å². The van der Waals surface area contributed by atoms with E-state index >= 15 is 0 Å². The van der Waals surface area contributed by atoms with Crippen molar-refractivity contribution in [1.82, 2.24) is 0 Å². The van der Waals surface area contributed by atoms with Crippen molar-refractivity contribution >= 4 is 14.8 Å². The first kappa shape index (κ1) is 18.3. The van der Waals surface area contributed by atoms with Gasteiger partial charge in [-0.05, 0) is 13.8 Å². The van der Waals surface area contributed by atoms with E-state index in [2.05, 4.69) is 6.58 Å². The second kappa shape index (κ2) is 9.22. The van der Waals surface area contributed by atoms with Crippen molar-refractivity contribution < 1.29 is 27.5 Å². The molecular formula is C12H24O6Si. The molecule has 6 nitrogen and oxygen atoms in total. The Kier molecular flexibility index (Phi) is 8.86. The molecule has 0 radical (unpaired) electrons. The number of esters is 1. The zero-order valence-corrected chi connectivity index (χ0v) is 13.4. The summed E-state index contributed by atoms with van der Waals surface area (Å²) >= 11 is 0. The Bertz CT molecular complexity index is 282. The number of carbonyl (C=O) groups excluding carboxylic acids is 1. The van der Waals surface area contributed by atoms with Crippen molar-refractivity contribution in [2.24, 2.45) is 0 Å². The van der Waals surface area contributed by atoms with Crippen LogP contribution in [0, 0.1) is 0 Å². The molecule has 0 aliphatic rings. The van der Waals surface area contributed by atoms with Gasteiger partial charge in [-0.15, -0.1) is 0 Å². The van der Waals surface area contributed by atoms with Crippen LogP contribution < -0.4 is 0 Å². The number of rotatable bonds is 10. The van der Waals surface area contributed by atoms with Crippen LogP contribution in [0.4, 0.5) is 0 Å². The van der Waals surface area contributed by atoms with Gasteiger partial charge in [-0.25, -0.2) is 4.79 Å². The fraction of sp³-hybridized carbons (Fsp3) is 0.750. The molecule has 0 rings (SSSR count). The molecule has 0 amide bonds. The molecule has 112 valence electrons. The number of carbonyl (C=O) groups is 1. The molecule has 7 heteroatoms. The van der Waals surface area contributed by atoms with Gasteiger partial charge in [-0.3, -0.25) is 0 Å². The molecule has 0 heterocycles. The molecule has 1 unspecified atom stereocenters. The Morgan fingerprint density at radius 3 is 2.11 bits per heavy atom. The molecule has 0 aromatic carbocycles. The van der Waals surface area contributed by atoms with Crippen LogP contribution >= 0.6 is 0 Å². The SMILES string of the molecule is C=C(C)C(=O)OC(COCC)C[Si](OC)(OC)OC. The van der Waals surface area contributed by atoms with Crippen LogP contribution in [-0.2, 0) is 27.5 Å². The van der Waals surface area contributed by atoms with Crippen LogP contribution in [0.5, 0.6) is 0 Å². The van der Waals surface area contributed by atoms with E-state index in [4.69, 9.17) is 22.8 Å². The third kappa shape index (κ3) is 6.30. The Hall–Kier alpha value is -0.733. The molecule has 0 saturated heterocycles. The van der Waals surface area contributed by atoms with Gasteiger partial charge in [-0.1, -0.05) is 6.58 Å².